The van der Waals surface area contributed by atoms with Crippen molar-refractivity contribution in [2.45, 2.75) is 24.7 Å². The molecule has 76 valence electrons. The van der Waals surface area contributed by atoms with Crippen molar-refractivity contribution in [3.63, 3.8) is 0 Å². The number of methoxy groups -OCH3 is 1. The third kappa shape index (κ3) is 1.71. The van der Waals surface area contributed by atoms with Gasteiger partial charge in [0, 0.05) is 25.8 Å². The molecule has 1 fully saturated rings. The van der Waals surface area contributed by atoms with E-state index in [1.807, 2.05) is 12.1 Å². The smallest absolute Gasteiger partial charge is 0.138 e. The maximum atomic E-state index is 5.76. The van der Waals surface area contributed by atoms with Crippen molar-refractivity contribution in [2.24, 2.45) is 5.73 Å². The number of hydrogen-bond donors (Lipinski definition) is 1. The van der Waals surface area contributed by atoms with Gasteiger partial charge in [0.15, 0.2) is 0 Å². The highest BCUT2D eigenvalue weighted by molar-refractivity contribution is 5.17. The van der Waals surface area contributed by atoms with Crippen LogP contribution < -0.4 is 10.5 Å². The summed E-state index contributed by atoms with van der Waals surface area (Å²) in [4.78, 5) is 3.97. The zero-order valence-electron chi connectivity index (χ0n) is 8.09. The maximum Gasteiger partial charge on any atom is 0.138 e. The van der Waals surface area contributed by atoms with Gasteiger partial charge in [0.25, 0.3) is 0 Å². The summed E-state index contributed by atoms with van der Waals surface area (Å²) in [6.07, 6.45) is 4.33. The minimum Gasteiger partial charge on any atom is -0.486 e. The summed E-state index contributed by atoms with van der Waals surface area (Å²) in [5, 5.41) is 0. The van der Waals surface area contributed by atoms with E-state index in [2.05, 4.69) is 4.98 Å². The van der Waals surface area contributed by atoms with Gasteiger partial charge in [-0.05, 0) is 12.1 Å². The molecule has 4 nitrogen and oxygen atoms in total. The van der Waals surface area contributed by atoms with E-state index in [1.54, 1.807) is 19.5 Å². The molecule has 0 spiro atoms. The Morgan fingerprint density at radius 2 is 2.43 bits per heavy atom. The molecule has 1 aromatic heterocycles. The summed E-state index contributed by atoms with van der Waals surface area (Å²) in [5.41, 5.74) is 5.76. The Hall–Kier alpha value is -1.13. The molecule has 3 unspecified atom stereocenters. The Morgan fingerprint density at radius 3 is 3.00 bits per heavy atom. The summed E-state index contributed by atoms with van der Waals surface area (Å²) in [6, 6.07) is 3.82. The van der Waals surface area contributed by atoms with Crippen LogP contribution in [0.4, 0.5) is 0 Å². The molecule has 3 atom stereocenters. The monoisotopic (exact) mass is 194 g/mol. The van der Waals surface area contributed by atoms with E-state index in [-0.39, 0.29) is 18.2 Å². The van der Waals surface area contributed by atoms with Crippen molar-refractivity contribution in [3.8, 4) is 5.75 Å². The number of rotatable bonds is 3. The minimum absolute atomic E-state index is 0.00945. The van der Waals surface area contributed by atoms with Crippen molar-refractivity contribution in [1.82, 2.24) is 4.98 Å². The molecule has 2 rings (SSSR count). The van der Waals surface area contributed by atoms with Crippen LogP contribution in [0.2, 0.25) is 0 Å². The molecular formula is C10H14N2O2. The van der Waals surface area contributed by atoms with Crippen LogP contribution in [0.25, 0.3) is 0 Å². The predicted octanol–water partition coefficient (Wildman–Crippen LogP) is 0.575. The normalized spacial score (nSPS) is 30.9. The van der Waals surface area contributed by atoms with Crippen LogP contribution in [0.1, 0.15) is 6.42 Å². The Kier molecular flexibility index (Phi) is 2.65. The summed E-state index contributed by atoms with van der Waals surface area (Å²) in [5.74, 6) is 0.770. The average Bonchev–Trinajstić information content (AvgIpc) is 2.19. The van der Waals surface area contributed by atoms with Gasteiger partial charge in [0.05, 0.1) is 6.20 Å². The lowest BCUT2D eigenvalue weighted by Crippen LogP contribution is -2.59. The van der Waals surface area contributed by atoms with Crippen molar-refractivity contribution in [1.29, 1.82) is 0 Å². The van der Waals surface area contributed by atoms with E-state index in [4.69, 9.17) is 15.2 Å². The van der Waals surface area contributed by atoms with Crippen LogP contribution in [-0.4, -0.2) is 30.3 Å². The first-order valence-corrected chi connectivity index (χ1v) is 4.66. The molecule has 0 amide bonds. The number of hydrogen-bond acceptors (Lipinski definition) is 4. The van der Waals surface area contributed by atoms with Gasteiger partial charge < -0.3 is 15.2 Å². The lowest BCUT2D eigenvalue weighted by molar-refractivity contribution is -0.0783. The Balaban J connectivity index is 1.93. The van der Waals surface area contributed by atoms with E-state index in [0.717, 1.165) is 12.2 Å². The van der Waals surface area contributed by atoms with E-state index >= 15 is 0 Å². The highest BCUT2D eigenvalue weighted by Gasteiger charge is 2.40. The lowest BCUT2D eigenvalue weighted by atomic mass is 9.86. The van der Waals surface area contributed by atoms with Gasteiger partial charge in [-0.25, -0.2) is 0 Å². The van der Waals surface area contributed by atoms with Gasteiger partial charge in [0.1, 0.15) is 18.0 Å². The molecular weight excluding hydrogens is 180 g/mol. The fourth-order valence-electron chi connectivity index (χ4n) is 1.65. The standard InChI is InChI=1S/C10H14N2O2/c1-13-10-8(11)5-9(10)14-7-3-2-4-12-6-7/h2-4,6,8-10H,5,11H2,1H3. The van der Waals surface area contributed by atoms with Crippen molar-refractivity contribution in [3.05, 3.63) is 24.5 Å². The fraction of sp³-hybridized carbons (Fsp3) is 0.500. The second-order valence-electron chi connectivity index (χ2n) is 3.44. The molecule has 1 aromatic rings. The van der Waals surface area contributed by atoms with Crippen molar-refractivity contribution in [2.75, 3.05) is 7.11 Å². The molecule has 2 N–H and O–H groups in total. The fourth-order valence-corrected chi connectivity index (χ4v) is 1.65. The minimum atomic E-state index is 0.00945. The van der Waals surface area contributed by atoms with Crippen LogP contribution in [0.5, 0.6) is 5.75 Å². The first kappa shape index (κ1) is 9.43. The third-order valence-corrected chi connectivity index (χ3v) is 2.49. The number of nitrogens with zero attached hydrogens (tertiary/aromatic N) is 1. The Labute approximate surface area is 83.0 Å². The molecule has 1 saturated carbocycles. The molecule has 0 radical (unpaired) electrons. The maximum absolute atomic E-state index is 5.76. The van der Waals surface area contributed by atoms with Crippen LogP contribution >= 0.6 is 0 Å². The number of ether oxygens (including phenoxy) is 2. The van der Waals surface area contributed by atoms with Gasteiger partial charge >= 0.3 is 0 Å². The van der Waals surface area contributed by atoms with E-state index in [0.29, 0.717) is 0 Å². The topological polar surface area (TPSA) is 57.4 Å². The van der Waals surface area contributed by atoms with Crippen LogP contribution in [0.3, 0.4) is 0 Å². The van der Waals surface area contributed by atoms with Crippen molar-refractivity contribution < 1.29 is 9.47 Å². The molecule has 0 aromatic carbocycles. The second kappa shape index (κ2) is 3.94. The quantitative estimate of drug-likeness (QED) is 0.764. The van der Waals surface area contributed by atoms with E-state index < -0.39 is 0 Å². The molecule has 1 aliphatic carbocycles. The molecule has 0 bridgehead atoms. The number of pyridine rings is 1. The van der Waals surface area contributed by atoms with Crippen molar-refractivity contribution >= 4 is 0 Å². The molecule has 4 heteroatoms. The van der Waals surface area contributed by atoms with Gasteiger partial charge in [-0.15, -0.1) is 0 Å². The van der Waals surface area contributed by atoms with Gasteiger partial charge in [-0.1, -0.05) is 0 Å². The highest BCUT2D eigenvalue weighted by atomic mass is 16.5. The van der Waals surface area contributed by atoms with E-state index in [9.17, 15) is 0 Å². The average molecular weight is 194 g/mol. The Bertz CT molecular complexity index is 291. The van der Waals surface area contributed by atoms with Gasteiger partial charge in [0.2, 0.25) is 0 Å². The summed E-state index contributed by atoms with van der Waals surface area (Å²) in [6.45, 7) is 0. The van der Waals surface area contributed by atoms with Crippen LogP contribution in [-0.2, 0) is 4.74 Å². The van der Waals surface area contributed by atoms with Gasteiger partial charge in [-0.2, -0.15) is 0 Å². The summed E-state index contributed by atoms with van der Waals surface area (Å²) >= 11 is 0. The molecule has 1 aliphatic rings. The highest BCUT2D eigenvalue weighted by Crippen LogP contribution is 2.26. The zero-order chi connectivity index (χ0) is 9.97. The van der Waals surface area contributed by atoms with Crippen LogP contribution in [0.15, 0.2) is 24.5 Å². The zero-order valence-corrected chi connectivity index (χ0v) is 8.09. The molecule has 0 aliphatic heterocycles. The molecule has 1 heterocycles. The number of nitrogens with two attached hydrogens (primary N) is 1. The SMILES string of the molecule is COC1C(N)CC1Oc1cccnc1. The Morgan fingerprint density at radius 1 is 1.57 bits per heavy atom. The first-order valence-electron chi connectivity index (χ1n) is 4.66. The third-order valence-electron chi connectivity index (χ3n) is 2.49. The summed E-state index contributed by atoms with van der Waals surface area (Å²) < 4.78 is 10.9. The largest absolute Gasteiger partial charge is 0.486 e. The van der Waals surface area contributed by atoms with Crippen LogP contribution in [0, 0.1) is 0 Å². The lowest BCUT2D eigenvalue weighted by Gasteiger charge is -2.40. The van der Waals surface area contributed by atoms with Gasteiger partial charge in [-0.3, -0.25) is 4.98 Å². The molecule has 0 saturated heterocycles. The first-order chi connectivity index (χ1) is 6.81. The summed E-state index contributed by atoms with van der Waals surface area (Å²) in [7, 11) is 1.66. The number of aromatic nitrogens is 1. The van der Waals surface area contributed by atoms with E-state index in [1.165, 1.54) is 0 Å². The second-order valence-corrected chi connectivity index (χ2v) is 3.44. The predicted molar refractivity (Wildman–Crippen MR) is 52.0 cm³/mol. The molecule has 14 heavy (non-hydrogen) atoms.